The third-order valence-electron chi connectivity index (χ3n) is 6.52. The molecule has 11 heteroatoms. The van der Waals surface area contributed by atoms with Crippen LogP contribution in [0.5, 0.6) is 17.2 Å². The fraction of sp³-hybridized carbons (Fsp3) is 0.538. The van der Waals surface area contributed by atoms with E-state index < -0.39 is 49.3 Å². The quantitative estimate of drug-likeness (QED) is 0.192. The van der Waals surface area contributed by atoms with Crippen LogP contribution >= 0.6 is 0 Å². The molecule has 2 unspecified atom stereocenters. The zero-order valence-electron chi connectivity index (χ0n) is 20.8. The summed E-state index contributed by atoms with van der Waals surface area (Å²) in [6.07, 6.45) is -7.14. The van der Waals surface area contributed by atoms with E-state index in [1.54, 1.807) is 12.1 Å². The van der Waals surface area contributed by atoms with Gasteiger partial charge in [0.25, 0.3) is 0 Å². The van der Waals surface area contributed by atoms with Crippen molar-refractivity contribution in [1.82, 2.24) is 0 Å². The highest BCUT2D eigenvalue weighted by Gasteiger charge is 2.45. The molecule has 37 heavy (non-hydrogen) atoms. The van der Waals surface area contributed by atoms with Gasteiger partial charge in [-0.25, -0.2) is 0 Å². The zero-order valence-corrected chi connectivity index (χ0v) is 20.8. The molecule has 7 N–H and O–H groups in total. The number of aryl methyl sites for hydroxylation is 1. The maximum absolute atomic E-state index is 11.2. The molecule has 0 aliphatic carbocycles. The molecule has 1 fully saturated rings. The third kappa shape index (κ3) is 6.51. The van der Waals surface area contributed by atoms with Crippen molar-refractivity contribution in [3.63, 3.8) is 0 Å². The maximum atomic E-state index is 11.2. The standard InChI is InChI=1S/C26H36O11/c1-34-19-10-14(4-3-9-27)5-7-16(19)17(12-28)22(30)15-6-8-18(20(11-15)35-2)36-26-25(33)24(32)23(31)21(13-29)37-26/h5-8,10-11,17,21-33H,3-4,9,12-13H2,1-2H3/t17?,21-,22?,23-,24+,25-,26-/m1/s1. The molecule has 0 radical (unpaired) electrons. The van der Waals surface area contributed by atoms with Crippen LogP contribution in [0.25, 0.3) is 0 Å². The summed E-state index contributed by atoms with van der Waals surface area (Å²) in [5.41, 5.74) is 1.96. The molecule has 206 valence electrons. The zero-order chi connectivity index (χ0) is 27.1. The summed E-state index contributed by atoms with van der Waals surface area (Å²) < 4.78 is 22.0. The van der Waals surface area contributed by atoms with Crippen LogP contribution in [0.4, 0.5) is 0 Å². The Morgan fingerprint density at radius 2 is 1.59 bits per heavy atom. The highest BCUT2D eigenvalue weighted by molar-refractivity contribution is 5.46. The monoisotopic (exact) mass is 524 g/mol. The van der Waals surface area contributed by atoms with Crippen LogP contribution in [-0.2, 0) is 11.2 Å². The Labute approximate surface area is 215 Å². The lowest BCUT2D eigenvalue weighted by Crippen LogP contribution is -2.60. The maximum Gasteiger partial charge on any atom is 0.229 e. The highest BCUT2D eigenvalue weighted by atomic mass is 16.7. The summed E-state index contributed by atoms with van der Waals surface area (Å²) >= 11 is 0. The van der Waals surface area contributed by atoms with Gasteiger partial charge in [-0.1, -0.05) is 18.2 Å². The lowest BCUT2D eigenvalue weighted by atomic mass is 9.88. The van der Waals surface area contributed by atoms with Crippen molar-refractivity contribution in [3.8, 4) is 17.2 Å². The van der Waals surface area contributed by atoms with Crippen LogP contribution < -0.4 is 14.2 Å². The first-order valence-corrected chi connectivity index (χ1v) is 12.0. The van der Waals surface area contributed by atoms with Gasteiger partial charge in [0.2, 0.25) is 6.29 Å². The molecule has 1 aliphatic heterocycles. The summed E-state index contributed by atoms with van der Waals surface area (Å²) in [5.74, 6) is 0.0671. The van der Waals surface area contributed by atoms with Crippen molar-refractivity contribution in [2.75, 3.05) is 34.0 Å². The Bertz CT molecular complexity index is 998. The van der Waals surface area contributed by atoms with Crippen molar-refractivity contribution >= 4 is 0 Å². The normalized spacial score (nSPS) is 25.4. The Kier molecular flexibility index (Phi) is 10.5. The van der Waals surface area contributed by atoms with Crippen molar-refractivity contribution in [3.05, 3.63) is 53.1 Å². The number of hydrogen-bond donors (Lipinski definition) is 7. The summed E-state index contributed by atoms with van der Waals surface area (Å²) in [6, 6.07) is 10.00. The van der Waals surface area contributed by atoms with E-state index in [9.17, 15) is 30.6 Å². The second-order valence-corrected chi connectivity index (χ2v) is 8.86. The van der Waals surface area contributed by atoms with Crippen LogP contribution in [0.15, 0.2) is 36.4 Å². The smallest absolute Gasteiger partial charge is 0.229 e. The number of ether oxygens (including phenoxy) is 4. The molecule has 2 aromatic rings. The lowest BCUT2D eigenvalue weighted by molar-refractivity contribution is -0.277. The van der Waals surface area contributed by atoms with E-state index in [1.165, 1.54) is 26.4 Å². The predicted octanol–water partition coefficient (Wildman–Crippen LogP) is -0.383. The van der Waals surface area contributed by atoms with Crippen molar-refractivity contribution < 1.29 is 54.7 Å². The molecule has 3 rings (SSSR count). The Balaban J connectivity index is 1.83. The molecular weight excluding hydrogens is 488 g/mol. The van der Waals surface area contributed by atoms with Crippen LogP contribution in [-0.4, -0.2) is 100 Å². The number of benzene rings is 2. The number of rotatable bonds is 12. The topological polar surface area (TPSA) is 179 Å². The van der Waals surface area contributed by atoms with E-state index in [4.69, 9.17) is 24.1 Å². The van der Waals surface area contributed by atoms with Crippen LogP contribution in [0.3, 0.4) is 0 Å². The molecule has 0 spiro atoms. The van der Waals surface area contributed by atoms with Gasteiger partial charge in [0.15, 0.2) is 11.5 Å². The fourth-order valence-electron chi connectivity index (χ4n) is 4.36. The van der Waals surface area contributed by atoms with E-state index in [2.05, 4.69) is 0 Å². The van der Waals surface area contributed by atoms with Gasteiger partial charge >= 0.3 is 0 Å². The van der Waals surface area contributed by atoms with E-state index in [-0.39, 0.29) is 24.7 Å². The summed E-state index contributed by atoms with van der Waals surface area (Å²) in [4.78, 5) is 0. The number of hydrogen-bond acceptors (Lipinski definition) is 11. The van der Waals surface area contributed by atoms with E-state index >= 15 is 0 Å². The number of aliphatic hydroxyl groups excluding tert-OH is 7. The molecule has 7 atom stereocenters. The SMILES string of the molecule is COc1cc(C(O)C(CO)c2ccc(CCCO)cc2OC)ccc1O[C@@H]1O[C@H](CO)[C@@H](O)[C@H](O)[C@H]1O. The predicted molar refractivity (Wildman–Crippen MR) is 131 cm³/mol. The van der Waals surface area contributed by atoms with Gasteiger partial charge in [-0.05, 0) is 42.2 Å². The fourth-order valence-corrected chi connectivity index (χ4v) is 4.36. The Morgan fingerprint density at radius 3 is 2.22 bits per heavy atom. The van der Waals surface area contributed by atoms with Gasteiger partial charge in [0, 0.05) is 18.1 Å². The minimum Gasteiger partial charge on any atom is -0.496 e. The van der Waals surface area contributed by atoms with Crippen molar-refractivity contribution in [2.24, 2.45) is 0 Å². The average Bonchev–Trinajstić information content (AvgIpc) is 2.92. The summed E-state index contributed by atoms with van der Waals surface area (Å²) in [6.45, 7) is -0.902. The highest BCUT2D eigenvalue weighted by Crippen LogP contribution is 2.40. The molecule has 0 amide bonds. The molecule has 0 saturated carbocycles. The first kappa shape index (κ1) is 29.1. The second kappa shape index (κ2) is 13.4. The van der Waals surface area contributed by atoms with Crippen LogP contribution in [0, 0.1) is 0 Å². The molecular formula is C26H36O11. The van der Waals surface area contributed by atoms with Gasteiger partial charge in [-0.2, -0.15) is 0 Å². The minimum absolute atomic E-state index is 0.0694. The lowest BCUT2D eigenvalue weighted by Gasteiger charge is -2.39. The first-order valence-electron chi connectivity index (χ1n) is 12.0. The molecule has 1 saturated heterocycles. The van der Waals surface area contributed by atoms with Crippen LogP contribution in [0.1, 0.15) is 35.1 Å². The molecule has 0 aromatic heterocycles. The summed E-state index contributed by atoms with van der Waals surface area (Å²) in [5, 5.41) is 70.0. The molecule has 2 aromatic carbocycles. The van der Waals surface area contributed by atoms with E-state index in [1.807, 2.05) is 12.1 Å². The third-order valence-corrected chi connectivity index (χ3v) is 6.52. The van der Waals surface area contributed by atoms with Gasteiger partial charge in [-0.15, -0.1) is 0 Å². The van der Waals surface area contributed by atoms with Crippen molar-refractivity contribution in [1.29, 1.82) is 0 Å². The first-order chi connectivity index (χ1) is 17.8. The van der Waals surface area contributed by atoms with Gasteiger partial charge < -0.3 is 54.7 Å². The second-order valence-electron chi connectivity index (χ2n) is 8.86. The average molecular weight is 525 g/mol. The molecule has 1 aliphatic rings. The van der Waals surface area contributed by atoms with Crippen molar-refractivity contribution in [2.45, 2.75) is 55.6 Å². The number of aliphatic hydroxyl groups is 7. The van der Waals surface area contributed by atoms with E-state index in [0.717, 1.165) is 5.56 Å². The Hall–Kier alpha value is -2.48. The molecule has 11 nitrogen and oxygen atoms in total. The van der Waals surface area contributed by atoms with Crippen LogP contribution in [0.2, 0.25) is 0 Å². The minimum atomic E-state index is -1.60. The van der Waals surface area contributed by atoms with E-state index in [0.29, 0.717) is 29.7 Å². The number of methoxy groups -OCH3 is 2. The molecule has 1 heterocycles. The van der Waals surface area contributed by atoms with Gasteiger partial charge in [0.1, 0.15) is 30.2 Å². The van der Waals surface area contributed by atoms with Gasteiger partial charge in [-0.3, -0.25) is 0 Å². The van der Waals surface area contributed by atoms with Gasteiger partial charge in [0.05, 0.1) is 33.5 Å². The Morgan fingerprint density at radius 1 is 0.865 bits per heavy atom. The summed E-state index contributed by atoms with van der Waals surface area (Å²) in [7, 11) is 2.88. The molecule has 0 bridgehead atoms. The largest absolute Gasteiger partial charge is 0.496 e.